The van der Waals surface area contributed by atoms with Gasteiger partial charge in [-0.15, -0.1) is 0 Å². The van der Waals surface area contributed by atoms with Crippen LogP contribution < -0.4 is 14.8 Å². The van der Waals surface area contributed by atoms with Gasteiger partial charge in [0.15, 0.2) is 0 Å². The lowest BCUT2D eigenvalue weighted by Gasteiger charge is -2.28. The van der Waals surface area contributed by atoms with E-state index in [-0.39, 0.29) is 47.3 Å². The summed E-state index contributed by atoms with van der Waals surface area (Å²) >= 11 is 6.34. The number of anilines is 1. The lowest BCUT2D eigenvalue weighted by Crippen LogP contribution is -2.44. The quantitative estimate of drug-likeness (QED) is 0.345. The zero-order valence-electron chi connectivity index (χ0n) is 21.1. The first-order valence-electron chi connectivity index (χ1n) is 12.2. The summed E-state index contributed by atoms with van der Waals surface area (Å²) in [6.45, 7) is 5.45. The molecule has 0 spiro atoms. The fraction of sp³-hybridized carbons (Fsp3) is 0.520. The molecule has 1 aliphatic heterocycles. The highest BCUT2D eigenvalue weighted by Crippen LogP contribution is 2.33. The van der Waals surface area contributed by atoms with Crippen molar-refractivity contribution >= 4 is 27.5 Å². The molecule has 10 nitrogen and oxygen atoms in total. The fourth-order valence-corrected chi connectivity index (χ4v) is 5.35. The summed E-state index contributed by atoms with van der Waals surface area (Å²) in [7, 11) is -3.85. The Labute approximate surface area is 223 Å². The predicted octanol–water partition coefficient (Wildman–Crippen LogP) is 2.73. The molecule has 1 atom stereocenters. The molecule has 0 bridgehead atoms. The van der Waals surface area contributed by atoms with E-state index in [1.54, 1.807) is 6.20 Å². The Kier molecular flexibility index (Phi) is 10.5. The maximum atomic E-state index is 12.6. The number of nitrogens with one attached hydrogen (secondary N) is 2. The van der Waals surface area contributed by atoms with Gasteiger partial charge < -0.3 is 19.9 Å². The van der Waals surface area contributed by atoms with Crippen molar-refractivity contribution in [3.8, 4) is 11.8 Å². The first-order valence-corrected chi connectivity index (χ1v) is 14.0. The lowest BCUT2D eigenvalue weighted by atomic mass is 9.96. The number of aromatic nitrogens is 1. The fourth-order valence-electron chi connectivity index (χ4n) is 3.84. The van der Waals surface area contributed by atoms with E-state index in [1.165, 1.54) is 16.4 Å². The normalized spacial score (nSPS) is 15.6. The highest BCUT2D eigenvalue weighted by molar-refractivity contribution is 7.90. The minimum Gasteiger partial charge on any atom is -0.489 e. The van der Waals surface area contributed by atoms with Gasteiger partial charge in [0.2, 0.25) is 0 Å². The van der Waals surface area contributed by atoms with Gasteiger partial charge in [0.1, 0.15) is 30.1 Å². The summed E-state index contributed by atoms with van der Waals surface area (Å²) in [6, 6.07) is 10.7. The van der Waals surface area contributed by atoms with Gasteiger partial charge >= 0.3 is 10.2 Å². The molecule has 3 N–H and O–H groups in total. The average molecular weight is 552 g/mol. The van der Waals surface area contributed by atoms with Crippen LogP contribution in [0.1, 0.15) is 37.9 Å². The Morgan fingerprint density at radius 3 is 2.73 bits per heavy atom. The van der Waals surface area contributed by atoms with Crippen LogP contribution in [0.25, 0.3) is 0 Å². The zero-order chi connectivity index (χ0) is 26.9. The number of aliphatic hydroxyl groups is 1. The molecule has 1 aromatic carbocycles. The Hall–Kier alpha value is -2.46. The number of aliphatic hydroxyl groups excluding tert-OH is 1. The van der Waals surface area contributed by atoms with Crippen molar-refractivity contribution in [2.24, 2.45) is 0 Å². The second kappa shape index (κ2) is 13.4. The molecule has 202 valence electrons. The maximum Gasteiger partial charge on any atom is 0.301 e. The number of nitriles is 1. The van der Waals surface area contributed by atoms with Crippen LogP contribution in [0.15, 0.2) is 36.5 Å². The van der Waals surface area contributed by atoms with Crippen LogP contribution in [0.4, 0.5) is 5.69 Å². The van der Waals surface area contributed by atoms with Crippen LogP contribution in [0.5, 0.6) is 5.75 Å². The smallest absolute Gasteiger partial charge is 0.301 e. The number of halogens is 1. The molecule has 1 unspecified atom stereocenters. The molecular formula is C25H34ClN5O5S. The molecule has 37 heavy (non-hydrogen) atoms. The highest BCUT2D eigenvalue weighted by atomic mass is 35.5. The van der Waals surface area contributed by atoms with Crippen molar-refractivity contribution in [1.82, 2.24) is 14.6 Å². The monoisotopic (exact) mass is 551 g/mol. The van der Waals surface area contributed by atoms with Crippen LogP contribution >= 0.6 is 11.6 Å². The van der Waals surface area contributed by atoms with Gasteiger partial charge in [-0.05, 0) is 57.4 Å². The molecule has 12 heteroatoms. The summed E-state index contributed by atoms with van der Waals surface area (Å²) < 4.78 is 39.8. The second-order valence-corrected chi connectivity index (χ2v) is 11.5. The number of hydrogen-bond acceptors (Lipinski definition) is 8. The molecule has 3 rings (SSSR count). The van der Waals surface area contributed by atoms with E-state index < -0.39 is 16.3 Å². The van der Waals surface area contributed by atoms with Gasteiger partial charge in [-0.2, -0.15) is 18.0 Å². The third kappa shape index (κ3) is 8.81. The average Bonchev–Trinajstić information content (AvgIpc) is 2.88. The maximum absolute atomic E-state index is 12.6. The molecule has 1 saturated heterocycles. The molecule has 0 aliphatic carbocycles. The third-order valence-corrected chi connectivity index (χ3v) is 7.89. The Morgan fingerprint density at radius 2 is 2.05 bits per heavy atom. The van der Waals surface area contributed by atoms with E-state index in [0.29, 0.717) is 19.8 Å². The predicted molar refractivity (Wildman–Crippen MR) is 142 cm³/mol. The Morgan fingerprint density at radius 1 is 1.30 bits per heavy atom. The van der Waals surface area contributed by atoms with Crippen molar-refractivity contribution in [3.05, 3.63) is 52.8 Å². The second-order valence-electron chi connectivity index (χ2n) is 9.43. The van der Waals surface area contributed by atoms with Crippen LogP contribution in [0.3, 0.4) is 0 Å². The summed E-state index contributed by atoms with van der Waals surface area (Å²) in [5, 5.41) is 23.3. The van der Waals surface area contributed by atoms with Crippen LogP contribution in [-0.2, 0) is 21.4 Å². The van der Waals surface area contributed by atoms with Crippen LogP contribution in [0.2, 0.25) is 5.02 Å². The van der Waals surface area contributed by atoms with E-state index in [9.17, 15) is 18.8 Å². The standard InChI is InChI=1S/C25H34ClN5O5S/c1-25(2,10-5-7-19-6-3-4-11-28-19)29-17-20(32)18-36-23-9-8-22(24(26)21(23)16-27)30-37(33,34)31-12-14-35-15-13-31/h3-4,6,8-9,11,20,29-30,32H,5,7,10,12-15,17-18H2,1-2H3. The molecule has 1 aromatic heterocycles. The molecule has 1 fully saturated rings. The van der Waals surface area contributed by atoms with E-state index in [1.807, 2.05) is 24.3 Å². The number of aryl methyl sites for hydroxylation is 1. The minimum atomic E-state index is -3.85. The highest BCUT2D eigenvalue weighted by Gasteiger charge is 2.26. The Bertz CT molecular complexity index is 1170. The molecular weight excluding hydrogens is 518 g/mol. The SMILES string of the molecule is CC(C)(CCCc1ccccn1)NCC(O)COc1ccc(NS(=O)(=O)N2CCOCC2)c(Cl)c1C#N. The van der Waals surface area contributed by atoms with Crippen molar-refractivity contribution in [3.63, 3.8) is 0 Å². The number of rotatable bonds is 13. The first kappa shape index (κ1) is 29.1. The number of nitrogens with zero attached hydrogens (tertiary/aromatic N) is 3. The first-order chi connectivity index (χ1) is 17.6. The summed E-state index contributed by atoms with van der Waals surface area (Å²) in [4.78, 5) is 4.34. The molecule has 1 aliphatic rings. The largest absolute Gasteiger partial charge is 0.489 e. The summed E-state index contributed by atoms with van der Waals surface area (Å²) in [5.41, 5.74) is 0.917. The molecule has 0 amide bonds. The number of β-amino-alcohol motifs (C(OH)–C–C–N with tert-alkyl or cyclic N) is 1. The van der Waals surface area contributed by atoms with E-state index in [4.69, 9.17) is 21.1 Å². The summed E-state index contributed by atoms with van der Waals surface area (Å²) in [6.07, 6.45) is 3.69. The Balaban J connectivity index is 1.50. The van der Waals surface area contributed by atoms with Crippen molar-refractivity contribution < 1.29 is 23.0 Å². The van der Waals surface area contributed by atoms with Crippen molar-refractivity contribution in [1.29, 1.82) is 5.26 Å². The van der Waals surface area contributed by atoms with Gasteiger partial charge in [0.25, 0.3) is 0 Å². The number of pyridine rings is 1. The van der Waals surface area contributed by atoms with E-state index in [2.05, 4.69) is 28.9 Å². The molecule has 2 heterocycles. The van der Waals surface area contributed by atoms with E-state index >= 15 is 0 Å². The van der Waals surface area contributed by atoms with Gasteiger partial charge in [-0.3, -0.25) is 9.71 Å². The lowest BCUT2D eigenvalue weighted by molar-refractivity contribution is 0.0733. The molecule has 0 saturated carbocycles. The molecule has 0 radical (unpaired) electrons. The van der Waals surface area contributed by atoms with Crippen LogP contribution in [-0.4, -0.2) is 73.9 Å². The van der Waals surface area contributed by atoms with Gasteiger partial charge in [-0.25, -0.2) is 0 Å². The van der Waals surface area contributed by atoms with Crippen molar-refractivity contribution in [2.75, 3.05) is 44.2 Å². The third-order valence-electron chi connectivity index (χ3n) is 5.97. The minimum absolute atomic E-state index is 0.0149. The van der Waals surface area contributed by atoms with E-state index in [0.717, 1.165) is 25.0 Å². The van der Waals surface area contributed by atoms with Crippen LogP contribution in [0, 0.1) is 11.3 Å². The topological polar surface area (TPSA) is 137 Å². The number of morpholine rings is 1. The van der Waals surface area contributed by atoms with Gasteiger partial charge in [-0.1, -0.05) is 17.7 Å². The van der Waals surface area contributed by atoms with Gasteiger partial charge in [0, 0.05) is 37.1 Å². The number of benzene rings is 1. The number of hydrogen-bond donors (Lipinski definition) is 3. The van der Waals surface area contributed by atoms with Crippen molar-refractivity contribution in [2.45, 2.75) is 44.8 Å². The van der Waals surface area contributed by atoms with Gasteiger partial charge in [0.05, 0.1) is 23.9 Å². The molecule has 2 aromatic rings. The number of ether oxygens (including phenoxy) is 2. The zero-order valence-corrected chi connectivity index (χ0v) is 22.7. The summed E-state index contributed by atoms with van der Waals surface area (Å²) in [5.74, 6) is 0.162.